The van der Waals surface area contributed by atoms with Gasteiger partial charge in [0.05, 0.1) is 5.02 Å². The number of nitrogens with one attached hydrogen (secondary N) is 1. The van der Waals surface area contributed by atoms with Gasteiger partial charge in [0.25, 0.3) is 0 Å². The minimum Gasteiger partial charge on any atom is -0.306 e. The summed E-state index contributed by atoms with van der Waals surface area (Å²) in [4.78, 5) is 14.7. The van der Waals surface area contributed by atoms with Crippen LogP contribution in [0.15, 0.2) is 35.3 Å². The number of aliphatic imine (C=N–C) groups is 1. The van der Waals surface area contributed by atoms with E-state index in [4.69, 9.17) is 23.2 Å². The first-order valence-corrected chi connectivity index (χ1v) is 7.03. The molecule has 108 valence electrons. The third kappa shape index (κ3) is 3.26. The van der Waals surface area contributed by atoms with Gasteiger partial charge in [0.1, 0.15) is 0 Å². The number of benzene rings is 2. The maximum Gasteiger partial charge on any atom is 0.344 e. The molecule has 0 saturated heterocycles. The Morgan fingerprint density at radius 1 is 1.14 bits per heavy atom. The highest BCUT2D eigenvalue weighted by Crippen LogP contribution is 2.38. The highest BCUT2D eigenvalue weighted by Gasteiger charge is 2.12. The van der Waals surface area contributed by atoms with Crippen molar-refractivity contribution >= 4 is 41.6 Å². The van der Waals surface area contributed by atoms with Gasteiger partial charge >= 0.3 is 6.03 Å². The largest absolute Gasteiger partial charge is 0.344 e. The van der Waals surface area contributed by atoms with Crippen molar-refractivity contribution in [1.82, 2.24) is 0 Å². The maximum absolute atomic E-state index is 11.4. The van der Waals surface area contributed by atoms with Crippen molar-refractivity contribution in [3.63, 3.8) is 0 Å². The molecular formula is C16H14Cl2N2O. The number of halogens is 2. The van der Waals surface area contributed by atoms with Crippen molar-refractivity contribution < 1.29 is 4.79 Å². The van der Waals surface area contributed by atoms with E-state index in [1.165, 1.54) is 0 Å². The summed E-state index contributed by atoms with van der Waals surface area (Å²) in [7, 11) is 0. The van der Waals surface area contributed by atoms with Crippen LogP contribution in [0.4, 0.5) is 10.5 Å². The number of urea groups is 1. The molecule has 2 amide bonds. The Balaban J connectivity index is 2.56. The second-order valence-corrected chi connectivity index (χ2v) is 5.46. The van der Waals surface area contributed by atoms with Crippen LogP contribution in [0.1, 0.15) is 11.1 Å². The number of carbonyl (C=O) groups is 1. The molecule has 0 spiro atoms. The second-order valence-electron chi connectivity index (χ2n) is 4.67. The molecule has 0 aliphatic rings. The van der Waals surface area contributed by atoms with E-state index in [1.54, 1.807) is 0 Å². The van der Waals surface area contributed by atoms with E-state index in [0.29, 0.717) is 15.7 Å². The highest BCUT2D eigenvalue weighted by molar-refractivity contribution is 6.39. The minimum absolute atomic E-state index is 0.503. The Labute approximate surface area is 133 Å². The van der Waals surface area contributed by atoms with Gasteiger partial charge in [-0.25, -0.2) is 9.79 Å². The van der Waals surface area contributed by atoms with Crippen LogP contribution in [0.5, 0.6) is 0 Å². The van der Waals surface area contributed by atoms with Crippen LogP contribution in [0.3, 0.4) is 0 Å². The molecule has 21 heavy (non-hydrogen) atoms. The van der Waals surface area contributed by atoms with Gasteiger partial charge in [-0.05, 0) is 49.4 Å². The van der Waals surface area contributed by atoms with Crippen LogP contribution in [0.2, 0.25) is 10.0 Å². The number of anilines is 1. The van der Waals surface area contributed by atoms with Gasteiger partial charge in [0, 0.05) is 16.3 Å². The van der Waals surface area contributed by atoms with E-state index in [2.05, 4.69) is 17.0 Å². The fourth-order valence-electron chi connectivity index (χ4n) is 1.99. The summed E-state index contributed by atoms with van der Waals surface area (Å²) < 4.78 is 0. The maximum atomic E-state index is 11.4. The molecule has 2 aromatic carbocycles. The molecule has 0 aromatic heterocycles. The Hall–Kier alpha value is -1.84. The van der Waals surface area contributed by atoms with E-state index in [0.717, 1.165) is 22.3 Å². The third-order valence-corrected chi connectivity index (χ3v) is 4.00. The van der Waals surface area contributed by atoms with Gasteiger partial charge in [-0.2, -0.15) is 0 Å². The summed E-state index contributed by atoms with van der Waals surface area (Å²) in [5.41, 5.74) is 4.09. The van der Waals surface area contributed by atoms with Gasteiger partial charge in [-0.15, -0.1) is 0 Å². The average molecular weight is 321 g/mol. The number of hydrogen-bond donors (Lipinski definition) is 1. The van der Waals surface area contributed by atoms with Gasteiger partial charge in [0.15, 0.2) is 0 Å². The second kappa shape index (κ2) is 6.29. The van der Waals surface area contributed by atoms with E-state index < -0.39 is 6.03 Å². The smallest absolute Gasteiger partial charge is 0.306 e. The van der Waals surface area contributed by atoms with Crippen LogP contribution >= 0.6 is 23.2 Å². The lowest BCUT2D eigenvalue weighted by molar-refractivity contribution is 0.260. The van der Waals surface area contributed by atoms with Gasteiger partial charge in [0.2, 0.25) is 0 Å². The molecule has 0 aliphatic heterocycles. The fourth-order valence-corrected chi connectivity index (χ4v) is 2.58. The number of carbonyl (C=O) groups excluding carboxylic acids is 1. The molecule has 3 nitrogen and oxygen atoms in total. The lowest BCUT2D eigenvalue weighted by atomic mass is 10.0. The van der Waals surface area contributed by atoms with E-state index in [9.17, 15) is 4.79 Å². The zero-order valence-electron chi connectivity index (χ0n) is 11.7. The molecular weight excluding hydrogens is 307 g/mol. The summed E-state index contributed by atoms with van der Waals surface area (Å²) in [6.07, 6.45) is 0. The van der Waals surface area contributed by atoms with Crippen LogP contribution < -0.4 is 5.32 Å². The van der Waals surface area contributed by atoms with Crippen LogP contribution in [0, 0.1) is 13.8 Å². The van der Waals surface area contributed by atoms with Crippen molar-refractivity contribution in [3.8, 4) is 11.1 Å². The van der Waals surface area contributed by atoms with Crippen molar-refractivity contribution in [2.45, 2.75) is 13.8 Å². The molecule has 0 unspecified atom stereocenters. The van der Waals surface area contributed by atoms with Gasteiger partial charge in [-0.3, -0.25) is 0 Å². The molecule has 0 bridgehead atoms. The molecule has 0 aliphatic carbocycles. The summed E-state index contributed by atoms with van der Waals surface area (Å²) in [6, 6.07) is 8.80. The van der Waals surface area contributed by atoms with Crippen LogP contribution in [-0.4, -0.2) is 12.7 Å². The minimum atomic E-state index is -0.503. The highest BCUT2D eigenvalue weighted by atomic mass is 35.5. The Morgan fingerprint density at radius 2 is 1.81 bits per heavy atom. The molecule has 0 saturated carbocycles. The van der Waals surface area contributed by atoms with E-state index in [1.807, 2.05) is 44.2 Å². The summed E-state index contributed by atoms with van der Waals surface area (Å²) in [5, 5.41) is 3.84. The molecule has 0 fully saturated rings. The van der Waals surface area contributed by atoms with E-state index >= 15 is 0 Å². The predicted octanol–water partition coefficient (Wildman–Crippen LogP) is 5.51. The molecule has 0 atom stereocenters. The van der Waals surface area contributed by atoms with Crippen LogP contribution in [0.25, 0.3) is 11.1 Å². The third-order valence-electron chi connectivity index (χ3n) is 3.20. The van der Waals surface area contributed by atoms with Gasteiger partial charge in [-0.1, -0.05) is 41.4 Å². The molecule has 5 heteroatoms. The average Bonchev–Trinajstić information content (AvgIpc) is 2.46. The standard InChI is InChI=1S/C16H14Cl2N2O/c1-9-4-6-11(8-13(9)20-16(21)19-3)14-12(17)7-5-10(2)15(14)18/h4-8H,3H2,1-2H3,(H,20,21). The van der Waals surface area contributed by atoms with Crippen molar-refractivity contribution in [1.29, 1.82) is 0 Å². The summed E-state index contributed by atoms with van der Waals surface area (Å²) in [5.74, 6) is 0. The summed E-state index contributed by atoms with van der Waals surface area (Å²) >= 11 is 12.6. The first-order chi connectivity index (χ1) is 9.93. The van der Waals surface area contributed by atoms with Crippen molar-refractivity contribution in [3.05, 3.63) is 51.5 Å². The van der Waals surface area contributed by atoms with Crippen LogP contribution in [-0.2, 0) is 0 Å². The topological polar surface area (TPSA) is 41.5 Å². The summed E-state index contributed by atoms with van der Waals surface area (Å²) in [6.45, 7) is 7.01. The number of amides is 2. The lowest BCUT2D eigenvalue weighted by Crippen LogP contribution is -2.06. The number of hydrogen-bond acceptors (Lipinski definition) is 1. The first kappa shape index (κ1) is 15.5. The normalized spacial score (nSPS) is 10.3. The van der Waals surface area contributed by atoms with E-state index in [-0.39, 0.29) is 0 Å². The Kier molecular flexibility index (Phi) is 4.66. The van der Waals surface area contributed by atoms with Crippen molar-refractivity contribution in [2.24, 2.45) is 4.99 Å². The molecule has 2 rings (SSSR count). The molecule has 1 N–H and O–H groups in total. The Bertz CT molecular complexity index is 726. The van der Waals surface area contributed by atoms with Crippen molar-refractivity contribution in [2.75, 3.05) is 5.32 Å². The number of rotatable bonds is 2. The first-order valence-electron chi connectivity index (χ1n) is 6.27. The lowest BCUT2D eigenvalue weighted by Gasteiger charge is -2.13. The SMILES string of the molecule is C=NC(=O)Nc1cc(-c2c(Cl)ccc(C)c2Cl)ccc1C. The molecule has 0 heterocycles. The predicted molar refractivity (Wildman–Crippen MR) is 89.9 cm³/mol. The fraction of sp³-hybridized carbons (Fsp3) is 0.125. The number of nitrogens with zero attached hydrogens (tertiary/aromatic N) is 1. The number of aryl methyl sites for hydroxylation is 2. The zero-order valence-corrected chi connectivity index (χ0v) is 13.2. The molecule has 0 radical (unpaired) electrons. The molecule has 2 aromatic rings. The zero-order chi connectivity index (χ0) is 15.6. The Morgan fingerprint density at radius 3 is 2.48 bits per heavy atom. The van der Waals surface area contributed by atoms with Gasteiger partial charge < -0.3 is 5.32 Å². The quantitative estimate of drug-likeness (QED) is 0.728. The monoisotopic (exact) mass is 320 g/mol.